The third kappa shape index (κ3) is 3.36. The van der Waals surface area contributed by atoms with Crippen molar-refractivity contribution in [3.05, 3.63) is 67.7 Å². The number of aryl methyl sites for hydroxylation is 2. The molecular formula is C15H15BrN2O2. The SMILES string of the molecule is Cc1ccc(Br)cc1NCc1ccc(C)c([N+](=O)[O-])c1. The molecule has 0 unspecified atom stereocenters. The average Bonchev–Trinajstić information content (AvgIpc) is 2.41. The molecule has 2 aromatic rings. The molecule has 0 fully saturated rings. The number of nitrogens with one attached hydrogen (secondary N) is 1. The number of benzene rings is 2. The third-order valence-corrected chi connectivity index (χ3v) is 3.65. The molecule has 0 aliphatic carbocycles. The van der Waals surface area contributed by atoms with Gasteiger partial charge >= 0.3 is 0 Å². The Morgan fingerprint density at radius 2 is 1.85 bits per heavy atom. The standard InChI is InChI=1S/C15H15BrN2O2/c1-10-4-6-13(16)8-14(10)17-9-12-5-3-11(2)15(7-12)18(19)20/h3-8,17H,9H2,1-2H3. The smallest absolute Gasteiger partial charge is 0.272 e. The van der Waals surface area contributed by atoms with Crippen LogP contribution in [0.2, 0.25) is 0 Å². The van der Waals surface area contributed by atoms with Crippen LogP contribution in [0.5, 0.6) is 0 Å². The second kappa shape index (κ2) is 6.05. The molecule has 0 aliphatic rings. The zero-order valence-electron chi connectivity index (χ0n) is 11.3. The minimum Gasteiger partial charge on any atom is -0.381 e. The van der Waals surface area contributed by atoms with Crippen molar-refractivity contribution in [1.29, 1.82) is 0 Å². The van der Waals surface area contributed by atoms with Crippen LogP contribution in [0.4, 0.5) is 11.4 Å². The maximum atomic E-state index is 10.9. The van der Waals surface area contributed by atoms with Crippen LogP contribution >= 0.6 is 15.9 Å². The van der Waals surface area contributed by atoms with Crippen LogP contribution in [0.25, 0.3) is 0 Å². The van der Waals surface area contributed by atoms with Gasteiger partial charge in [0.2, 0.25) is 0 Å². The fraction of sp³-hybridized carbons (Fsp3) is 0.200. The third-order valence-electron chi connectivity index (χ3n) is 3.15. The van der Waals surface area contributed by atoms with E-state index in [1.807, 2.05) is 31.2 Å². The predicted octanol–water partition coefficient (Wildman–Crippen LogP) is 4.59. The van der Waals surface area contributed by atoms with E-state index in [1.54, 1.807) is 19.1 Å². The maximum Gasteiger partial charge on any atom is 0.272 e. The summed E-state index contributed by atoms with van der Waals surface area (Å²) in [6.07, 6.45) is 0. The van der Waals surface area contributed by atoms with Crippen molar-refractivity contribution < 1.29 is 4.92 Å². The number of rotatable bonds is 4. The molecule has 0 radical (unpaired) electrons. The molecule has 0 saturated carbocycles. The first-order valence-corrected chi connectivity index (χ1v) is 7.00. The van der Waals surface area contributed by atoms with Gasteiger partial charge in [-0.15, -0.1) is 0 Å². The molecule has 2 aromatic carbocycles. The summed E-state index contributed by atoms with van der Waals surface area (Å²) in [4.78, 5) is 10.6. The molecule has 0 bridgehead atoms. The molecule has 4 nitrogen and oxygen atoms in total. The highest BCUT2D eigenvalue weighted by Crippen LogP contribution is 2.23. The van der Waals surface area contributed by atoms with Gasteiger partial charge in [0.1, 0.15) is 0 Å². The van der Waals surface area contributed by atoms with Crippen molar-refractivity contribution in [1.82, 2.24) is 0 Å². The van der Waals surface area contributed by atoms with Gasteiger partial charge in [0.15, 0.2) is 0 Å². The van der Waals surface area contributed by atoms with E-state index in [-0.39, 0.29) is 10.6 Å². The summed E-state index contributed by atoms with van der Waals surface area (Å²) in [6, 6.07) is 11.3. The van der Waals surface area contributed by atoms with Crippen LogP contribution in [0.1, 0.15) is 16.7 Å². The van der Waals surface area contributed by atoms with Gasteiger partial charge < -0.3 is 5.32 Å². The minimum atomic E-state index is -0.344. The van der Waals surface area contributed by atoms with Gasteiger partial charge in [-0.2, -0.15) is 0 Å². The van der Waals surface area contributed by atoms with E-state index in [0.717, 1.165) is 21.3 Å². The molecule has 104 valence electrons. The fourth-order valence-electron chi connectivity index (χ4n) is 1.94. The zero-order valence-corrected chi connectivity index (χ0v) is 12.9. The lowest BCUT2D eigenvalue weighted by molar-refractivity contribution is -0.385. The summed E-state index contributed by atoms with van der Waals surface area (Å²) < 4.78 is 1.00. The van der Waals surface area contributed by atoms with Crippen LogP contribution < -0.4 is 5.32 Å². The van der Waals surface area contributed by atoms with Crippen molar-refractivity contribution in [2.24, 2.45) is 0 Å². The van der Waals surface area contributed by atoms with Gasteiger partial charge in [0.25, 0.3) is 5.69 Å². The number of nitrogens with zero attached hydrogens (tertiary/aromatic N) is 1. The molecule has 0 aliphatic heterocycles. The average molecular weight is 335 g/mol. The van der Waals surface area contributed by atoms with E-state index in [0.29, 0.717) is 12.1 Å². The molecule has 0 atom stereocenters. The fourth-order valence-corrected chi connectivity index (χ4v) is 2.30. The highest BCUT2D eigenvalue weighted by molar-refractivity contribution is 9.10. The first-order valence-electron chi connectivity index (χ1n) is 6.21. The first-order chi connectivity index (χ1) is 9.47. The molecule has 0 heterocycles. The molecule has 0 saturated heterocycles. The Morgan fingerprint density at radius 3 is 2.55 bits per heavy atom. The van der Waals surface area contributed by atoms with Crippen molar-refractivity contribution >= 4 is 27.3 Å². The molecule has 5 heteroatoms. The van der Waals surface area contributed by atoms with Gasteiger partial charge in [0, 0.05) is 28.3 Å². The van der Waals surface area contributed by atoms with Crippen LogP contribution in [0.15, 0.2) is 40.9 Å². The summed E-state index contributed by atoms with van der Waals surface area (Å²) in [7, 11) is 0. The number of hydrogen-bond acceptors (Lipinski definition) is 3. The summed E-state index contributed by atoms with van der Waals surface area (Å²) in [5.74, 6) is 0. The number of nitro benzene ring substituents is 1. The van der Waals surface area contributed by atoms with Gasteiger partial charge in [-0.25, -0.2) is 0 Å². The van der Waals surface area contributed by atoms with Gasteiger partial charge in [0.05, 0.1) is 4.92 Å². The van der Waals surface area contributed by atoms with E-state index >= 15 is 0 Å². The Balaban J connectivity index is 2.17. The molecule has 0 spiro atoms. The molecule has 0 aromatic heterocycles. The molecule has 2 rings (SSSR count). The van der Waals surface area contributed by atoms with E-state index in [1.165, 1.54) is 0 Å². The predicted molar refractivity (Wildman–Crippen MR) is 84.0 cm³/mol. The van der Waals surface area contributed by atoms with Crippen LogP contribution in [0, 0.1) is 24.0 Å². The van der Waals surface area contributed by atoms with E-state index in [4.69, 9.17) is 0 Å². The Morgan fingerprint density at radius 1 is 1.15 bits per heavy atom. The van der Waals surface area contributed by atoms with Crippen molar-refractivity contribution in [2.75, 3.05) is 5.32 Å². The lowest BCUT2D eigenvalue weighted by Gasteiger charge is -2.10. The molecular weight excluding hydrogens is 320 g/mol. The second-order valence-corrected chi connectivity index (χ2v) is 5.61. The minimum absolute atomic E-state index is 0.162. The largest absolute Gasteiger partial charge is 0.381 e. The zero-order chi connectivity index (χ0) is 14.7. The highest BCUT2D eigenvalue weighted by atomic mass is 79.9. The van der Waals surface area contributed by atoms with Gasteiger partial charge in [-0.3, -0.25) is 10.1 Å². The Kier molecular flexibility index (Phi) is 4.39. The summed E-state index contributed by atoms with van der Waals surface area (Å²) >= 11 is 3.43. The van der Waals surface area contributed by atoms with Crippen LogP contribution in [0.3, 0.4) is 0 Å². The second-order valence-electron chi connectivity index (χ2n) is 4.69. The Labute approximate surface area is 126 Å². The monoisotopic (exact) mass is 334 g/mol. The van der Waals surface area contributed by atoms with E-state index in [2.05, 4.69) is 21.2 Å². The van der Waals surface area contributed by atoms with Crippen molar-refractivity contribution in [3.8, 4) is 0 Å². The van der Waals surface area contributed by atoms with Crippen molar-refractivity contribution in [2.45, 2.75) is 20.4 Å². The lowest BCUT2D eigenvalue weighted by Crippen LogP contribution is -2.02. The van der Waals surface area contributed by atoms with Gasteiger partial charge in [-0.05, 0) is 37.1 Å². The number of nitro groups is 1. The number of hydrogen-bond donors (Lipinski definition) is 1. The Hall–Kier alpha value is -1.88. The molecule has 1 N–H and O–H groups in total. The first kappa shape index (κ1) is 14.5. The van der Waals surface area contributed by atoms with Crippen LogP contribution in [-0.2, 0) is 6.54 Å². The van der Waals surface area contributed by atoms with Crippen molar-refractivity contribution in [3.63, 3.8) is 0 Å². The normalized spacial score (nSPS) is 10.3. The summed E-state index contributed by atoms with van der Waals surface area (Å²) in [5.41, 5.74) is 3.88. The molecule has 0 amide bonds. The quantitative estimate of drug-likeness (QED) is 0.657. The van der Waals surface area contributed by atoms with Crippen LogP contribution in [-0.4, -0.2) is 4.92 Å². The van der Waals surface area contributed by atoms with E-state index in [9.17, 15) is 10.1 Å². The summed E-state index contributed by atoms with van der Waals surface area (Å²) in [6.45, 7) is 4.32. The number of halogens is 1. The lowest BCUT2D eigenvalue weighted by atomic mass is 10.1. The maximum absolute atomic E-state index is 10.9. The highest BCUT2D eigenvalue weighted by Gasteiger charge is 2.10. The van der Waals surface area contributed by atoms with Gasteiger partial charge in [-0.1, -0.05) is 34.1 Å². The Bertz CT molecular complexity index is 656. The summed E-state index contributed by atoms with van der Waals surface area (Å²) in [5, 5.41) is 14.2. The topological polar surface area (TPSA) is 55.2 Å². The van der Waals surface area contributed by atoms with E-state index < -0.39 is 0 Å². The molecule has 20 heavy (non-hydrogen) atoms. The number of anilines is 1.